The van der Waals surface area contributed by atoms with Crippen molar-refractivity contribution >= 4 is 9.84 Å². The first-order valence-corrected chi connectivity index (χ1v) is 7.44. The van der Waals surface area contributed by atoms with Crippen LogP contribution in [-0.2, 0) is 9.84 Å². The zero-order valence-corrected chi connectivity index (χ0v) is 10.4. The number of hydrogen-bond donors (Lipinski definition) is 0. The third-order valence-electron chi connectivity index (χ3n) is 3.03. The Balaban J connectivity index is 2.03. The van der Waals surface area contributed by atoms with Crippen molar-refractivity contribution in [1.29, 1.82) is 0 Å². The van der Waals surface area contributed by atoms with Crippen molar-refractivity contribution in [3.05, 3.63) is 30.1 Å². The van der Waals surface area contributed by atoms with E-state index in [0.29, 0.717) is 6.54 Å². The second-order valence-corrected chi connectivity index (χ2v) is 6.43. The summed E-state index contributed by atoms with van der Waals surface area (Å²) in [4.78, 5) is 2.22. The maximum absolute atomic E-state index is 13.0. The lowest BCUT2D eigenvalue weighted by Crippen LogP contribution is -2.26. The Kier molecular flexibility index (Phi) is 3.79. The monoisotopic (exact) mass is 257 g/mol. The minimum absolute atomic E-state index is 0.0659. The average Bonchev–Trinajstić information content (AvgIpc) is 2.79. The lowest BCUT2D eigenvalue weighted by Gasteiger charge is -2.14. The molecule has 1 aromatic rings. The highest BCUT2D eigenvalue weighted by Gasteiger charge is 2.18. The number of hydrogen-bond acceptors (Lipinski definition) is 3. The van der Waals surface area contributed by atoms with Crippen LogP contribution in [0.1, 0.15) is 12.8 Å². The van der Waals surface area contributed by atoms with Gasteiger partial charge in [0.2, 0.25) is 0 Å². The van der Waals surface area contributed by atoms with E-state index >= 15 is 0 Å². The Labute approximate surface area is 101 Å². The highest BCUT2D eigenvalue weighted by atomic mass is 32.2. The van der Waals surface area contributed by atoms with Gasteiger partial charge < -0.3 is 4.90 Å². The molecule has 2 rings (SSSR count). The molecule has 0 saturated carbocycles. The zero-order chi connectivity index (χ0) is 12.3. The summed E-state index contributed by atoms with van der Waals surface area (Å²) in [5.74, 6) is -0.441. The van der Waals surface area contributed by atoms with Gasteiger partial charge in [-0.2, -0.15) is 0 Å². The summed E-state index contributed by atoms with van der Waals surface area (Å²) in [7, 11) is -3.35. The second-order valence-electron chi connectivity index (χ2n) is 4.32. The second kappa shape index (κ2) is 5.14. The quantitative estimate of drug-likeness (QED) is 0.824. The predicted octanol–water partition coefficient (Wildman–Crippen LogP) is 1.70. The molecule has 1 aliphatic heterocycles. The molecule has 0 atom stereocenters. The van der Waals surface area contributed by atoms with Crippen molar-refractivity contribution in [3.8, 4) is 0 Å². The van der Waals surface area contributed by atoms with Crippen molar-refractivity contribution in [2.75, 3.05) is 25.4 Å². The summed E-state index contributed by atoms with van der Waals surface area (Å²) in [5.41, 5.74) is 0. The smallest absolute Gasteiger partial charge is 0.179 e. The van der Waals surface area contributed by atoms with Gasteiger partial charge in [-0.1, -0.05) is 6.07 Å². The van der Waals surface area contributed by atoms with Crippen LogP contribution in [-0.4, -0.2) is 38.7 Å². The minimum Gasteiger partial charge on any atom is -0.302 e. The van der Waals surface area contributed by atoms with Gasteiger partial charge in [-0.3, -0.25) is 0 Å². The van der Waals surface area contributed by atoms with Crippen molar-refractivity contribution in [2.24, 2.45) is 0 Å². The molecule has 0 unspecified atom stereocenters. The number of sulfone groups is 1. The molecule has 0 radical (unpaired) electrons. The zero-order valence-electron chi connectivity index (χ0n) is 9.60. The van der Waals surface area contributed by atoms with Crippen LogP contribution in [0.5, 0.6) is 0 Å². The van der Waals surface area contributed by atoms with Crippen LogP contribution in [0.4, 0.5) is 4.39 Å². The molecule has 0 aromatic heterocycles. The summed E-state index contributed by atoms with van der Waals surface area (Å²) >= 11 is 0. The van der Waals surface area contributed by atoms with Crippen LogP contribution in [0, 0.1) is 5.82 Å². The first kappa shape index (κ1) is 12.5. The Morgan fingerprint density at radius 3 is 2.59 bits per heavy atom. The molecule has 1 saturated heterocycles. The van der Waals surface area contributed by atoms with Crippen molar-refractivity contribution < 1.29 is 12.8 Å². The van der Waals surface area contributed by atoms with Crippen LogP contribution in [0.15, 0.2) is 29.2 Å². The summed E-state index contributed by atoms with van der Waals surface area (Å²) in [6.07, 6.45) is 2.28. The first-order chi connectivity index (χ1) is 8.08. The van der Waals surface area contributed by atoms with E-state index in [1.54, 1.807) is 0 Å². The summed E-state index contributed by atoms with van der Waals surface area (Å²) in [5, 5.41) is 0. The van der Waals surface area contributed by atoms with Crippen molar-refractivity contribution in [1.82, 2.24) is 4.90 Å². The van der Waals surface area contributed by atoms with E-state index < -0.39 is 15.7 Å². The fraction of sp³-hybridized carbons (Fsp3) is 0.500. The molecule has 1 aliphatic rings. The lowest BCUT2D eigenvalue weighted by atomic mass is 10.4. The van der Waals surface area contributed by atoms with E-state index in [1.165, 1.54) is 18.2 Å². The van der Waals surface area contributed by atoms with Gasteiger partial charge in [0.05, 0.1) is 10.6 Å². The molecule has 1 fully saturated rings. The molecule has 0 aliphatic carbocycles. The Bertz CT molecular complexity index is 481. The fourth-order valence-corrected chi connectivity index (χ4v) is 3.35. The average molecular weight is 257 g/mol. The first-order valence-electron chi connectivity index (χ1n) is 5.79. The van der Waals surface area contributed by atoms with Crippen LogP contribution < -0.4 is 0 Å². The van der Waals surface area contributed by atoms with Crippen LogP contribution in [0.25, 0.3) is 0 Å². The standard InChI is InChI=1S/C12H16FNO2S/c13-11-4-3-5-12(10-11)17(15,16)9-8-14-6-1-2-7-14/h3-5,10H,1-2,6-9H2. The Morgan fingerprint density at radius 1 is 1.24 bits per heavy atom. The molecule has 17 heavy (non-hydrogen) atoms. The van der Waals surface area contributed by atoms with E-state index in [0.717, 1.165) is 32.0 Å². The molecule has 0 N–H and O–H groups in total. The third-order valence-corrected chi connectivity index (χ3v) is 4.72. The van der Waals surface area contributed by atoms with Crippen LogP contribution in [0.3, 0.4) is 0 Å². The van der Waals surface area contributed by atoms with E-state index in [4.69, 9.17) is 0 Å². The fourth-order valence-electron chi connectivity index (χ4n) is 2.03. The van der Waals surface area contributed by atoms with Gasteiger partial charge in [-0.15, -0.1) is 0 Å². The van der Waals surface area contributed by atoms with Crippen molar-refractivity contribution in [3.63, 3.8) is 0 Å². The molecule has 5 heteroatoms. The van der Waals surface area contributed by atoms with Gasteiger partial charge in [-0.25, -0.2) is 12.8 Å². The van der Waals surface area contributed by atoms with Gasteiger partial charge in [-0.05, 0) is 44.1 Å². The van der Waals surface area contributed by atoms with Gasteiger partial charge in [0.15, 0.2) is 9.84 Å². The summed E-state index contributed by atoms with van der Waals surface area (Å²) in [6.45, 7) is 2.48. The van der Waals surface area contributed by atoms with Gasteiger partial charge in [0.1, 0.15) is 5.82 Å². The molecule has 0 amide bonds. The van der Waals surface area contributed by atoms with Gasteiger partial charge in [0.25, 0.3) is 0 Å². The minimum atomic E-state index is -3.35. The molecule has 3 nitrogen and oxygen atoms in total. The molecule has 1 aromatic carbocycles. The topological polar surface area (TPSA) is 37.4 Å². The number of likely N-dealkylation sites (tertiary alicyclic amines) is 1. The molecule has 0 bridgehead atoms. The van der Waals surface area contributed by atoms with E-state index in [1.807, 2.05) is 0 Å². The van der Waals surface area contributed by atoms with Gasteiger partial charge in [0, 0.05) is 6.54 Å². The maximum Gasteiger partial charge on any atom is 0.179 e. The molecular weight excluding hydrogens is 241 g/mol. The largest absolute Gasteiger partial charge is 0.302 e. The molecule has 94 valence electrons. The number of benzene rings is 1. The predicted molar refractivity (Wildman–Crippen MR) is 64.1 cm³/mol. The van der Waals surface area contributed by atoms with Crippen LogP contribution >= 0.6 is 0 Å². The summed E-state index contributed by atoms with van der Waals surface area (Å²) in [6, 6.07) is 5.21. The number of rotatable bonds is 4. The third kappa shape index (κ3) is 3.26. The van der Waals surface area contributed by atoms with E-state index in [-0.39, 0.29) is 10.6 Å². The Hall–Kier alpha value is -0.940. The molecule has 1 heterocycles. The normalized spacial score (nSPS) is 17.5. The highest BCUT2D eigenvalue weighted by molar-refractivity contribution is 7.91. The Morgan fingerprint density at radius 2 is 1.94 bits per heavy atom. The van der Waals surface area contributed by atoms with E-state index in [9.17, 15) is 12.8 Å². The van der Waals surface area contributed by atoms with Crippen LogP contribution in [0.2, 0.25) is 0 Å². The molecule has 0 spiro atoms. The highest BCUT2D eigenvalue weighted by Crippen LogP contribution is 2.14. The number of halogens is 1. The SMILES string of the molecule is O=S(=O)(CCN1CCCC1)c1cccc(F)c1. The van der Waals surface area contributed by atoms with Crippen molar-refractivity contribution in [2.45, 2.75) is 17.7 Å². The maximum atomic E-state index is 13.0. The summed E-state index contributed by atoms with van der Waals surface area (Å²) < 4.78 is 36.9. The number of nitrogens with zero attached hydrogens (tertiary/aromatic N) is 1. The van der Waals surface area contributed by atoms with E-state index in [2.05, 4.69) is 4.90 Å². The molecular formula is C12H16FNO2S. The van der Waals surface area contributed by atoms with Gasteiger partial charge >= 0.3 is 0 Å². The lowest BCUT2D eigenvalue weighted by molar-refractivity contribution is 0.359.